The molecule has 0 bridgehead atoms. The van der Waals surface area contributed by atoms with Gasteiger partial charge in [0.05, 0.1) is 5.02 Å². The predicted octanol–water partition coefficient (Wildman–Crippen LogP) is 3.65. The van der Waals surface area contributed by atoms with Crippen molar-refractivity contribution in [1.29, 1.82) is 0 Å². The van der Waals surface area contributed by atoms with Gasteiger partial charge < -0.3 is 4.74 Å². The SMILES string of the molecule is C[C@H]1CCC[C@H](C)C1=NNC(=O)COc1ccccc1Cl. The molecule has 5 heteroatoms. The molecule has 0 spiro atoms. The minimum Gasteiger partial charge on any atom is -0.482 e. The lowest BCUT2D eigenvalue weighted by molar-refractivity contribution is -0.123. The van der Waals surface area contributed by atoms with Gasteiger partial charge >= 0.3 is 0 Å². The van der Waals surface area contributed by atoms with Gasteiger partial charge in [-0.1, -0.05) is 44.0 Å². The molecule has 1 amide bonds. The average molecular weight is 309 g/mol. The summed E-state index contributed by atoms with van der Waals surface area (Å²) in [6.07, 6.45) is 3.50. The Morgan fingerprint density at radius 2 is 2.00 bits per heavy atom. The second kappa shape index (κ2) is 7.46. The van der Waals surface area contributed by atoms with Crippen LogP contribution >= 0.6 is 11.6 Å². The Balaban J connectivity index is 1.86. The van der Waals surface area contributed by atoms with E-state index in [1.54, 1.807) is 12.1 Å². The molecule has 0 heterocycles. The lowest BCUT2D eigenvalue weighted by atomic mass is 9.81. The Morgan fingerprint density at radius 1 is 1.33 bits per heavy atom. The van der Waals surface area contributed by atoms with Crippen LogP contribution in [0.2, 0.25) is 5.02 Å². The van der Waals surface area contributed by atoms with Gasteiger partial charge in [0.1, 0.15) is 5.75 Å². The summed E-state index contributed by atoms with van der Waals surface area (Å²) < 4.78 is 5.38. The number of nitrogens with one attached hydrogen (secondary N) is 1. The highest BCUT2D eigenvalue weighted by atomic mass is 35.5. The molecule has 114 valence electrons. The number of benzene rings is 1. The smallest absolute Gasteiger partial charge is 0.277 e. The van der Waals surface area contributed by atoms with Crippen LogP contribution in [0, 0.1) is 11.8 Å². The van der Waals surface area contributed by atoms with Crippen molar-refractivity contribution >= 4 is 23.2 Å². The highest BCUT2D eigenvalue weighted by molar-refractivity contribution is 6.32. The standard InChI is InChI=1S/C16H21ClN2O2/c1-11-6-5-7-12(2)16(11)19-18-15(20)10-21-14-9-4-3-8-13(14)17/h3-4,8-9,11-12H,5-7,10H2,1-2H3,(H,18,20)/t11-,12-/m0/s1. The molecule has 0 aromatic heterocycles. The summed E-state index contributed by atoms with van der Waals surface area (Å²) in [6, 6.07) is 7.07. The number of hydrazone groups is 1. The molecule has 0 unspecified atom stereocenters. The van der Waals surface area contributed by atoms with Crippen LogP contribution in [0.1, 0.15) is 33.1 Å². The number of nitrogens with zero attached hydrogens (tertiary/aromatic N) is 1. The zero-order valence-corrected chi connectivity index (χ0v) is 13.2. The number of rotatable bonds is 4. The molecular formula is C16H21ClN2O2. The van der Waals surface area contributed by atoms with E-state index in [2.05, 4.69) is 24.4 Å². The van der Waals surface area contributed by atoms with E-state index in [1.807, 2.05) is 12.1 Å². The van der Waals surface area contributed by atoms with Crippen molar-refractivity contribution in [3.8, 4) is 5.75 Å². The van der Waals surface area contributed by atoms with Crippen LogP contribution in [0.25, 0.3) is 0 Å². The van der Waals surface area contributed by atoms with Gasteiger partial charge in [-0.3, -0.25) is 4.79 Å². The third-order valence-corrected chi connectivity index (χ3v) is 4.10. The van der Waals surface area contributed by atoms with Crippen LogP contribution in [-0.4, -0.2) is 18.2 Å². The van der Waals surface area contributed by atoms with Gasteiger partial charge in [0.25, 0.3) is 5.91 Å². The summed E-state index contributed by atoms with van der Waals surface area (Å²) in [4.78, 5) is 11.8. The maximum Gasteiger partial charge on any atom is 0.277 e. The van der Waals surface area contributed by atoms with E-state index in [0.29, 0.717) is 22.6 Å². The van der Waals surface area contributed by atoms with E-state index in [0.717, 1.165) is 18.6 Å². The van der Waals surface area contributed by atoms with E-state index >= 15 is 0 Å². The van der Waals surface area contributed by atoms with Gasteiger partial charge in [0.15, 0.2) is 6.61 Å². The number of amides is 1. The van der Waals surface area contributed by atoms with E-state index in [1.165, 1.54) is 6.42 Å². The van der Waals surface area contributed by atoms with Crippen LogP contribution in [0.15, 0.2) is 29.4 Å². The van der Waals surface area contributed by atoms with Crippen LogP contribution in [0.4, 0.5) is 0 Å². The van der Waals surface area contributed by atoms with Crippen LogP contribution in [0.5, 0.6) is 5.75 Å². The van der Waals surface area contributed by atoms with Gasteiger partial charge in [-0.05, 0) is 36.8 Å². The number of hydrogen-bond donors (Lipinski definition) is 1. The lowest BCUT2D eigenvalue weighted by Crippen LogP contribution is -2.31. The Kier molecular flexibility index (Phi) is 5.62. The number of ether oxygens (including phenoxy) is 1. The first-order valence-electron chi connectivity index (χ1n) is 7.31. The fourth-order valence-corrected chi connectivity index (χ4v) is 2.79. The quantitative estimate of drug-likeness (QED) is 0.863. The number of hydrogen-bond acceptors (Lipinski definition) is 3. The monoisotopic (exact) mass is 308 g/mol. The zero-order chi connectivity index (χ0) is 15.2. The highest BCUT2D eigenvalue weighted by Crippen LogP contribution is 2.26. The first-order valence-corrected chi connectivity index (χ1v) is 7.69. The number of carbonyl (C=O) groups is 1. The summed E-state index contributed by atoms with van der Waals surface area (Å²) >= 11 is 5.96. The Hall–Kier alpha value is -1.55. The molecule has 2 atom stereocenters. The van der Waals surface area contributed by atoms with E-state index in [9.17, 15) is 4.79 Å². The molecule has 4 nitrogen and oxygen atoms in total. The third kappa shape index (κ3) is 4.46. The lowest BCUT2D eigenvalue weighted by Gasteiger charge is -2.26. The van der Waals surface area contributed by atoms with E-state index in [4.69, 9.17) is 16.3 Å². The molecule has 0 radical (unpaired) electrons. The second-order valence-electron chi connectivity index (χ2n) is 5.52. The zero-order valence-electron chi connectivity index (χ0n) is 12.4. The van der Waals surface area contributed by atoms with Crippen molar-refractivity contribution in [2.24, 2.45) is 16.9 Å². The first-order chi connectivity index (χ1) is 10.1. The summed E-state index contributed by atoms with van der Waals surface area (Å²) in [5.74, 6) is 1.09. The van der Waals surface area contributed by atoms with Crippen molar-refractivity contribution in [2.45, 2.75) is 33.1 Å². The predicted molar refractivity (Wildman–Crippen MR) is 84.7 cm³/mol. The van der Waals surface area contributed by atoms with Gasteiger partial charge in [-0.2, -0.15) is 5.10 Å². The minimum atomic E-state index is -0.271. The maximum atomic E-state index is 11.8. The van der Waals surface area contributed by atoms with E-state index in [-0.39, 0.29) is 12.5 Å². The molecule has 1 aromatic carbocycles. The summed E-state index contributed by atoms with van der Waals surface area (Å²) in [7, 11) is 0. The second-order valence-corrected chi connectivity index (χ2v) is 5.93. The van der Waals surface area contributed by atoms with Gasteiger partial charge in [0.2, 0.25) is 0 Å². The topological polar surface area (TPSA) is 50.7 Å². The van der Waals surface area contributed by atoms with Crippen molar-refractivity contribution < 1.29 is 9.53 Å². The molecule has 2 rings (SSSR count). The Bertz CT molecular complexity index is 519. The summed E-state index contributed by atoms with van der Waals surface area (Å²) in [6.45, 7) is 4.21. The maximum absolute atomic E-state index is 11.8. The summed E-state index contributed by atoms with van der Waals surface area (Å²) in [5, 5.41) is 4.78. The molecule has 1 aliphatic rings. The average Bonchev–Trinajstić information content (AvgIpc) is 2.46. The van der Waals surface area contributed by atoms with Crippen molar-refractivity contribution in [1.82, 2.24) is 5.43 Å². The van der Waals surface area contributed by atoms with Crippen molar-refractivity contribution in [3.05, 3.63) is 29.3 Å². The molecule has 1 saturated carbocycles. The number of halogens is 1. The first kappa shape index (κ1) is 15.8. The van der Waals surface area contributed by atoms with Gasteiger partial charge in [0, 0.05) is 5.71 Å². The van der Waals surface area contributed by atoms with E-state index < -0.39 is 0 Å². The Morgan fingerprint density at radius 3 is 2.67 bits per heavy atom. The molecule has 1 N–H and O–H groups in total. The third-order valence-electron chi connectivity index (χ3n) is 3.79. The van der Waals surface area contributed by atoms with Crippen LogP contribution in [-0.2, 0) is 4.79 Å². The fraction of sp³-hybridized carbons (Fsp3) is 0.500. The molecule has 21 heavy (non-hydrogen) atoms. The molecule has 0 saturated heterocycles. The summed E-state index contributed by atoms with van der Waals surface area (Å²) in [5.41, 5.74) is 3.66. The van der Waals surface area contributed by atoms with Crippen LogP contribution < -0.4 is 10.2 Å². The highest BCUT2D eigenvalue weighted by Gasteiger charge is 2.23. The molecule has 0 aliphatic heterocycles. The Labute approximate surface area is 130 Å². The van der Waals surface area contributed by atoms with Crippen molar-refractivity contribution in [2.75, 3.05) is 6.61 Å². The largest absolute Gasteiger partial charge is 0.482 e. The van der Waals surface area contributed by atoms with Gasteiger partial charge in [-0.25, -0.2) is 5.43 Å². The minimum absolute atomic E-state index is 0.0940. The number of para-hydroxylation sites is 1. The number of carbonyl (C=O) groups excluding carboxylic acids is 1. The molecule has 1 aliphatic carbocycles. The van der Waals surface area contributed by atoms with Crippen LogP contribution in [0.3, 0.4) is 0 Å². The van der Waals surface area contributed by atoms with Crippen molar-refractivity contribution in [3.63, 3.8) is 0 Å². The molecule has 1 fully saturated rings. The molecular weight excluding hydrogens is 288 g/mol. The fourth-order valence-electron chi connectivity index (χ4n) is 2.60. The van der Waals surface area contributed by atoms with Gasteiger partial charge in [-0.15, -0.1) is 0 Å². The normalized spacial score (nSPS) is 21.8. The molecule has 1 aromatic rings.